The van der Waals surface area contributed by atoms with Gasteiger partial charge < -0.3 is 19.3 Å². The predicted octanol–water partition coefficient (Wildman–Crippen LogP) is 6.92. The summed E-state index contributed by atoms with van der Waals surface area (Å²) in [6.07, 6.45) is 9.06. The number of methoxy groups -OCH3 is 1. The second kappa shape index (κ2) is 14.0. The van der Waals surface area contributed by atoms with Gasteiger partial charge in [-0.25, -0.2) is 8.78 Å². The molecule has 0 amide bonds. The van der Waals surface area contributed by atoms with Crippen molar-refractivity contribution in [1.29, 1.82) is 0 Å². The molecule has 2 aliphatic heterocycles. The van der Waals surface area contributed by atoms with E-state index >= 15 is 0 Å². The van der Waals surface area contributed by atoms with Gasteiger partial charge in [-0.05, 0) is 90.5 Å². The number of benzene rings is 2. The first kappa shape index (κ1) is 32.6. The van der Waals surface area contributed by atoms with Gasteiger partial charge in [0.25, 0.3) is 0 Å². The van der Waals surface area contributed by atoms with Crippen LogP contribution >= 0.6 is 12.4 Å². The van der Waals surface area contributed by atoms with Gasteiger partial charge in [0.05, 0.1) is 7.11 Å². The van der Waals surface area contributed by atoms with Crippen LogP contribution in [0.15, 0.2) is 24.3 Å². The molecule has 42 heavy (non-hydrogen) atoms. The first-order valence-electron chi connectivity index (χ1n) is 15.4. The van der Waals surface area contributed by atoms with Crippen molar-refractivity contribution in [2.45, 2.75) is 115 Å². The van der Waals surface area contributed by atoms with Crippen molar-refractivity contribution in [3.63, 3.8) is 0 Å². The Bertz CT molecular complexity index is 1210. The summed E-state index contributed by atoms with van der Waals surface area (Å²) in [4.78, 5) is 5.04. The number of halogens is 3. The molecule has 6 nitrogen and oxygen atoms in total. The van der Waals surface area contributed by atoms with Gasteiger partial charge in [0.2, 0.25) is 0 Å². The van der Waals surface area contributed by atoms with E-state index in [0.717, 1.165) is 17.7 Å². The van der Waals surface area contributed by atoms with Crippen LogP contribution < -0.4 is 14.2 Å². The number of phenols is 1. The SMILES string of the molecule is CC(C)N(C1CCC1)[C@H]1COc2c(F)ccc(O)c2C1.COc1ccc(F)c2c1C[C@@H](N(C(C)C)C1CCC1)CO2.Cl. The van der Waals surface area contributed by atoms with Crippen molar-refractivity contribution in [3.8, 4) is 23.0 Å². The maximum atomic E-state index is 13.9. The van der Waals surface area contributed by atoms with Gasteiger partial charge in [-0.1, -0.05) is 12.8 Å². The topological polar surface area (TPSA) is 54.4 Å². The Labute approximate surface area is 255 Å². The Morgan fingerprint density at radius 1 is 0.738 bits per heavy atom. The third-order valence-electron chi connectivity index (χ3n) is 9.33. The Morgan fingerprint density at radius 3 is 1.62 bits per heavy atom. The second-order valence-electron chi connectivity index (χ2n) is 12.5. The van der Waals surface area contributed by atoms with Gasteiger partial charge in [-0.2, -0.15) is 0 Å². The van der Waals surface area contributed by atoms with E-state index < -0.39 is 0 Å². The summed E-state index contributed by atoms with van der Waals surface area (Å²) in [5.74, 6) is 0.818. The molecule has 0 saturated heterocycles. The molecular formula is C33H47ClF2N2O4. The molecule has 1 N–H and O–H groups in total. The Balaban J connectivity index is 0.000000189. The van der Waals surface area contributed by atoms with E-state index in [4.69, 9.17) is 14.2 Å². The van der Waals surface area contributed by atoms with Crippen LogP contribution in [-0.4, -0.2) is 71.5 Å². The highest BCUT2D eigenvalue weighted by molar-refractivity contribution is 5.85. The van der Waals surface area contributed by atoms with E-state index in [1.807, 2.05) is 0 Å². The molecule has 9 heteroatoms. The molecule has 2 aromatic rings. The molecule has 0 spiro atoms. The van der Waals surface area contributed by atoms with Crippen LogP contribution in [0.25, 0.3) is 0 Å². The van der Waals surface area contributed by atoms with Gasteiger partial charge in [-0.15, -0.1) is 12.4 Å². The predicted molar refractivity (Wildman–Crippen MR) is 163 cm³/mol. The molecule has 0 aromatic heterocycles. The van der Waals surface area contributed by atoms with Crippen molar-refractivity contribution >= 4 is 12.4 Å². The fraction of sp³-hybridized carbons (Fsp3) is 0.636. The van der Waals surface area contributed by atoms with Crippen LogP contribution in [0.5, 0.6) is 23.0 Å². The van der Waals surface area contributed by atoms with Crippen molar-refractivity contribution in [2.24, 2.45) is 0 Å². The molecule has 234 valence electrons. The van der Waals surface area contributed by atoms with E-state index in [1.165, 1.54) is 56.7 Å². The van der Waals surface area contributed by atoms with E-state index in [2.05, 4.69) is 37.5 Å². The van der Waals surface area contributed by atoms with Gasteiger partial charge in [-0.3, -0.25) is 9.80 Å². The Kier molecular flexibility index (Phi) is 10.9. The number of hydrogen-bond acceptors (Lipinski definition) is 6. The highest BCUT2D eigenvalue weighted by atomic mass is 35.5. The normalized spacial score (nSPS) is 21.7. The summed E-state index contributed by atoms with van der Waals surface area (Å²) in [5, 5.41) is 9.96. The number of nitrogens with zero attached hydrogens (tertiary/aromatic N) is 2. The summed E-state index contributed by atoms with van der Waals surface area (Å²) < 4.78 is 44.4. The number of hydrogen-bond donors (Lipinski definition) is 1. The van der Waals surface area contributed by atoms with Gasteiger partial charge in [0, 0.05) is 47.4 Å². The lowest BCUT2D eigenvalue weighted by Crippen LogP contribution is -2.54. The van der Waals surface area contributed by atoms with E-state index in [9.17, 15) is 13.9 Å². The van der Waals surface area contributed by atoms with Crippen LogP contribution in [0.2, 0.25) is 0 Å². The molecule has 0 bridgehead atoms. The molecule has 2 aromatic carbocycles. The average Bonchev–Trinajstić information content (AvgIpc) is 2.90. The monoisotopic (exact) mass is 608 g/mol. The van der Waals surface area contributed by atoms with Crippen LogP contribution in [0.4, 0.5) is 8.78 Å². The van der Waals surface area contributed by atoms with E-state index in [0.29, 0.717) is 61.2 Å². The number of phenolic OH excluding ortho intramolecular Hbond substituents is 1. The lowest BCUT2D eigenvalue weighted by atomic mass is 9.87. The molecule has 2 aliphatic carbocycles. The Morgan fingerprint density at radius 2 is 1.19 bits per heavy atom. The summed E-state index contributed by atoms with van der Waals surface area (Å²) in [7, 11) is 1.63. The maximum Gasteiger partial charge on any atom is 0.165 e. The first-order valence-corrected chi connectivity index (χ1v) is 15.4. The van der Waals surface area contributed by atoms with Crippen molar-refractivity contribution in [1.82, 2.24) is 9.80 Å². The smallest absolute Gasteiger partial charge is 0.165 e. The molecule has 2 fully saturated rings. The fourth-order valence-corrected chi connectivity index (χ4v) is 7.05. The lowest BCUT2D eigenvalue weighted by Gasteiger charge is -2.46. The minimum absolute atomic E-state index is 0. The van der Waals surface area contributed by atoms with Crippen LogP contribution in [0.3, 0.4) is 0 Å². The molecule has 0 unspecified atom stereocenters. The number of ether oxygens (including phenoxy) is 3. The van der Waals surface area contributed by atoms with Crippen molar-refractivity contribution in [2.75, 3.05) is 20.3 Å². The minimum Gasteiger partial charge on any atom is -0.508 e. The molecule has 2 heterocycles. The standard InChI is InChI=1S/C17H24FNO2.C16H22FNO2.ClH/c1-11(2)19(12-5-4-6-12)13-9-14-16(20-3)8-7-15(18)17(14)21-10-13;1-10(2)18(11-4-3-5-11)12-8-13-15(19)7-6-14(17)16(13)20-9-12;/h7-8,11-13H,4-6,9-10H2,1-3H3;6-7,10-12,19H,3-5,8-9H2,1-2H3;1H/t13-;12-;/m11./s1. The van der Waals surface area contributed by atoms with Crippen LogP contribution in [-0.2, 0) is 12.8 Å². The Hall–Kier alpha value is -2.29. The third kappa shape index (κ3) is 6.61. The zero-order valence-corrected chi connectivity index (χ0v) is 26.4. The quantitative estimate of drug-likeness (QED) is 0.368. The molecule has 6 rings (SSSR count). The highest BCUT2D eigenvalue weighted by Gasteiger charge is 2.38. The zero-order valence-electron chi connectivity index (χ0n) is 25.6. The molecule has 4 aliphatic rings. The summed E-state index contributed by atoms with van der Waals surface area (Å²) in [5.41, 5.74) is 1.49. The van der Waals surface area contributed by atoms with Crippen LogP contribution in [0.1, 0.15) is 77.3 Å². The van der Waals surface area contributed by atoms with Crippen molar-refractivity contribution in [3.05, 3.63) is 47.0 Å². The number of fused-ring (bicyclic) bond motifs is 2. The minimum atomic E-state index is -0.379. The second-order valence-corrected chi connectivity index (χ2v) is 12.5. The number of aromatic hydroxyl groups is 1. The van der Waals surface area contributed by atoms with Crippen molar-refractivity contribution < 1.29 is 28.1 Å². The van der Waals surface area contributed by atoms with Gasteiger partial charge >= 0.3 is 0 Å². The third-order valence-corrected chi connectivity index (χ3v) is 9.33. The van der Waals surface area contributed by atoms with E-state index in [-0.39, 0.29) is 41.6 Å². The molecular weight excluding hydrogens is 562 g/mol. The molecule has 0 radical (unpaired) electrons. The lowest BCUT2D eigenvalue weighted by molar-refractivity contribution is 0.0180. The molecule has 2 saturated carbocycles. The number of rotatable bonds is 7. The summed E-state index contributed by atoms with van der Waals surface area (Å²) in [6, 6.07) is 8.51. The van der Waals surface area contributed by atoms with Gasteiger partial charge in [0.15, 0.2) is 23.1 Å². The molecule has 2 atom stereocenters. The summed E-state index contributed by atoms with van der Waals surface area (Å²) in [6.45, 7) is 9.92. The average molecular weight is 609 g/mol. The van der Waals surface area contributed by atoms with Gasteiger partial charge in [0.1, 0.15) is 24.7 Å². The van der Waals surface area contributed by atoms with E-state index in [1.54, 1.807) is 13.2 Å². The summed E-state index contributed by atoms with van der Waals surface area (Å²) >= 11 is 0. The van der Waals surface area contributed by atoms with Crippen LogP contribution in [0, 0.1) is 11.6 Å². The fourth-order valence-electron chi connectivity index (χ4n) is 7.05. The highest BCUT2D eigenvalue weighted by Crippen LogP contribution is 2.40. The largest absolute Gasteiger partial charge is 0.508 e. The first-order chi connectivity index (χ1) is 19.7. The zero-order chi connectivity index (χ0) is 29.3. The maximum absolute atomic E-state index is 13.9.